The first-order valence-corrected chi connectivity index (χ1v) is 7.98. The Morgan fingerprint density at radius 2 is 1.70 bits per heavy atom. The van der Waals surface area contributed by atoms with Gasteiger partial charge in [-0.25, -0.2) is 0 Å². The first-order valence-electron chi connectivity index (χ1n) is 7.98. The number of nitrogens with one attached hydrogen (secondary N) is 2. The second-order valence-electron chi connectivity index (χ2n) is 7.02. The van der Waals surface area contributed by atoms with Crippen LogP contribution in [0.3, 0.4) is 0 Å². The molecule has 23 heavy (non-hydrogen) atoms. The summed E-state index contributed by atoms with van der Waals surface area (Å²) in [7, 11) is 0. The zero-order valence-electron chi connectivity index (χ0n) is 14.7. The van der Waals surface area contributed by atoms with Gasteiger partial charge in [0.25, 0.3) is 0 Å². The molecule has 0 atom stereocenters. The summed E-state index contributed by atoms with van der Waals surface area (Å²) in [5, 5.41) is 6.22. The number of para-hydroxylation sites is 1. The molecule has 0 aromatic heterocycles. The summed E-state index contributed by atoms with van der Waals surface area (Å²) in [6.07, 6.45) is 0. The molecule has 0 unspecified atom stereocenters. The predicted molar refractivity (Wildman–Crippen MR) is 98.2 cm³/mol. The van der Waals surface area contributed by atoms with E-state index in [-0.39, 0.29) is 17.9 Å². The van der Waals surface area contributed by atoms with Gasteiger partial charge in [0.1, 0.15) is 0 Å². The normalized spacial score (nSPS) is 11.2. The highest BCUT2D eigenvalue weighted by Gasteiger charge is 2.17. The maximum Gasteiger partial charge on any atom is 0.243 e. The fourth-order valence-corrected chi connectivity index (χ4v) is 2.62. The maximum absolute atomic E-state index is 12.2. The van der Waals surface area contributed by atoms with Crippen LogP contribution in [0, 0.1) is 13.8 Å². The maximum atomic E-state index is 12.2. The van der Waals surface area contributed by atoms with Crippen molar-refractivity contribution in [2.75, 3.05) is 17.2 Å². The number of carbonyl (C=O) groups is 1. The molecule has 0 aliphatic rings. The van der Waals surface area contributed by atoms with Crippen molar-refractivity contribution >= 4 is 17.3 Å². The minimum absolute atomic E-state index is 0.0353. The Bertz CT molecular complexity index is 699. The van der Waals surface area contributed by atoms with E-state index in [4.69, 9.17) is 0 Å². The molecule has 0 saturated heterocycles. The minimum Gasteiger partial charge on any atom is -0.376 e. The van der Waals surface area contributed by atoms with Gasteiger partial charge in [-0.3, -0.25) is 4.79 Å². The number of hydrogen-bond donors (Lipinski definition) is 2. The number of benzene rings is 2. The molecule has 0 aliphatic carbocycles. The van der Waals surface area contributed by atoms with Crippen molar-refractivity contribution in [2.24, 2.45) is 0 Å². The van der Waals surface area contributed by atoms with Crippen LogP contribution in [0.4, 0.5) is 11.4 Å². The highest BCUT2D eigenvalue weighted by atomic mass is 16.1. The summed E-state index contributed by atoms with van der Waals surface area (Å²) >= 11 is 0. The molecule has 3 nitrogen and oxygen atoms in total. The highest BCUT2D eigenvalue weighted by molar-refractivity contribution is 5.94. The average molecular weight is 310 g/mol. The van der Waals surface area contributed by atoms with Crippen LogP contribution >= 0.6 is 0 Å². The Kier molecular flexibility index (Phi) is 5.09. The van der Waals surface area contributed by atoms with Crippen LogP contribution in [0.15, 0.2) is 42.5 Å². The lowest BCUT2D eigenvalue weighted by Crippen LogP contribution is -2.24. The van der Waals surface area contributed by atoms with Gasteiger partial charge in [0.15, 0.2) is 0 Å². The van der Waals surface area contributed by atoms with Crippen molar-refractivity contribution in [3.8, 4) is 0 Å². The van der Waals surface area contributed by atoms with Gasteiger partial charge in [-0.2, -0.15) is 0 Å². The molecule has 2 N–H and O–H groups in total. The van der Waals surface area contributed by atoms with Crippen molar-refractivity contribution in [1.29, 1.82) is 0 Å². The van der Waals surface area contributed by atoms with Crippen LogP contribution in [0.1, 0.15) is 37.5 Å². The molecule has 0 aliphatic heterocycles. The van der Waals surface area contributed by atoms with Crippen molar-refractivity contribution < 1.29 is 4.79 Å². The third kappa shape index (κ3) is 4.59. The van der Waals surface area contributed by atoms with Crippen LogP contribution in [0.25, 0.3) is 0 Å². The number of aryl methyl sites for hydroxylation is 2. The molecule has 0 saturated carbocycles. The van der Waals surface area contributed by atoms with E-state index in [1.165, 1.54) is 11.1 Å². The Balaban J connectivity index is 2.03. The standard InChI is InChI=1S/C20H26N2O/c1-14-10-11-17(15(2)12-14)22-19(23)13-21-18-9-7-6-8-16(18)20(3,4)5/h6-12,21H,13H2,1-5H3,(H,22,23). The molecule has 0 spiro atoms. The highest BCUT2D eigenvalue weighted by Crippen LogP contribution is 2.29. The van der Waals surface area contributed by atoms with E-state index in [0.717, 1.165) is 16.9 Å². The van der Waals surface area contributed by atoms with E-state index in [1.54, 1.807) is 0 Å². The zero-order chi connectivity index (χ0) is 17.0. The topological polar surface area (TPSA) is 41.1 Å². The van der Waals surface area contributed by atoms with E-state index in [1.807, 2.05) is 44.2 Å². The van der Waals surface area contributed by atoms with Gasteiger partial charge in [-0.1, -0.05) is 56.7 Å². The van der Waals surface area contributed by atoms with Gasteiger partial charge in [0.2, 0.25) is 5.91 Å². The summed E-state index contributed by atoms with van der Waals surface area (Å²) in [5.41, 5.74) is 5.39. The SMILES string of the molecule is Cc1ccc(NC(=O)CNc2ccccc2C(C)(C)C)c(C)c1. The third-order valence-electron chi connectivity index (χ3n) is 3.83. The van der Waals surface area contributed by atoms with Gasteiger partial charge in [-0.15, -0.1) is 0 Å². The van der Waals surface area contributed by atoms with Crippen molar-refractivity contribution in [2.45, 2.75) is 40.0 Å². The van der Waals surface area contributed by atoms with E-state index in [2.05, 4.69) is 43.5 Å². The summed E-state index contributed by atoms with van der Waals surface area (Å²) in [6, 6.07) is 14.2. The molecule has 0 bridgehead atoms. The summed E-state index contributed by atoms with van der Waals surface area (Å²) < 4.78 is 0. The lowest BCUT2D eigenvalue weighted by Gasteiger charge is -2.23. The van der Waals surface area contributed by atoms with E-state index < -0.39 is 0 Å². The number of rotatable bonds is 4. The quantitative estimate of drug-likeness (QED) is 0.863. The molecular formula is C20H26N2O. The number of hydrogen-bond acceptors (Lipinski definition) is 2. The second kappa shape index (κ2) is 6.86. The fraction of sp³-hybridized carbons (Fsp3) is 0.350. The molecule has 122 valence electrons. The molecule has 0 heterocycles. The molecule has 0 fully saturated rings. The predicted octanol–water partition coefficient (Wildman–Crippen LogP) is 4.65. The van der Waals surface area contributed by atoms with Crippen LogP contribution in [-0.2, 0) is 10.2 Å². The molecular weight excluding hydrogens is 284 g/mol. The van der Waals surface area contributed by atoms with E-state index in [0.29, 0.717) is 0 Å². The smallest absolute Gasteiger partial charge is 0.243 e. The Morgan fingerprint density at radius 1 is 1.00 bits per heavy atom. The average Bonchev–Trinajstić information content (AvgIpc) is 2.47. The Hall–Kier alpha value is -2.29. The lowest BCUT2D eigenvalue weighted by molar-refractivity contribution is -0.114. The van der Waals surface area contributed by atoms with Crippen LogP contribution in [0.2, 0.25) is 0 Å². The van der Waals surface area contributed by atoms with Crippen LogP contribution < -0.4 is 10.6 Å². The monoisotopic (exact) mass is 310 g/mol. The second-order valence-corrected chi connectivity index (χ2v) is 7.02. The molecule has 2 aromatic rings. The Morgan fingerprint density at radius 3 is 2.35 bits per heavy atom. The first-order chi connectivity index (χ1) is 10.8. The molecule has 3 heteroatoms. The van der Waals surface area contributed by atoms with Crippen molar-refractivity contribution in [1.82, 2.24) is 0 Å². The van der Waals surface area contributed by atoms with Crippen LogP contribution in [0.5, 0.6) is 0 Å². The van der Waals surface area contributed by atoms with Gasteiger partial charge in [0, 0.05) is 11.4 Å². The fourth-order valence-electron chi connectivity index (χ4n) is 2.62. The molecule has 2 aromatic carbocycles. The zero-order valence-corrected chi connectivity index (χ0v) is 14.7. The van der Waals surface area contributed by atoms with E-state index in [9.17, 15) is 4.79 Å². The molecule has 2 rings (SSSR count). The number of amides is 1. The van der Waals surface area contributed by atoms with Crippen LogP contribution in [-0.4, -0.2) is 12.5 Å². The number of carbonyl (C=O) groups excluding carboxylic acids is 1. The largest absolute Gasteiger partial charge is 0.376 e. The van der Waals surface area contributed by atoms with Crippen molar-refractivity contribution in [3.05, 3.63) is 59.2 Å². The van der Waals surface area contributed by atoms with Gasteiger partial charge in [-0.05, 0) is 42.5 Å². The summed E-state index contributed by atoms with van der Waals surface area (Å²) in [6.45, 7) is 10.8. The van der Waals surface area contributed by atoms with Crippen molar-refractivity contribution in [3.63, 3.8) is 0 Å². The van der Waals surface area contributed by atoms with Gasteiger partial charge in [0.05, 0.1) is 6.54 Å². The summed E-state index contributed by atoms with van der Waals surface area (Å²) in [4.78, 5) is 12.2. The molecule has 0 radical (unpaired) electrons. The number of anilines is 2. The van der Waals surface area contributed by atoms with E-state index >= 15 is 0 Å². The Labute approximate surface area is 139 Å². The van der Waals surface area contributed by atoms with Gasteiger partial charge < -0.3 is 10.6 Å². The lowest BCUT2D eigenvalue weighted by atomic mass is 9.86. The third-order valence-corrected chi connectivity index (χ3v) is 3.83. The summed E-state index contributed by atoms with van der Waals surface area (Å²) in [5.74, 6) is -0.0411. The molecule has 1 amide bonds. The first kappa shape index (κ1) is 17.1. The minimum atomic E-state index is -0.0411. The van der Waals surface area contributed by atoms with Gasteiger partial charge >= 0.3 is 0 Å².